The molecule has 2 amide bonds. The Morgan fingerprint density at radius 2 is 1.82 bits per heavy atom. The summed E-state index contributed by atoms with van der Waals surface area (Å²) < 4.78 is 5.08. The van der Waals surface area contributed by atoms with E-state index in [-0.39, 0.29) is 24.1 Å². The largest absolute Gasteiger partial charge is 0.481 e. The fraction of sp³-hybridized carbons (Fsp3) is 0.0800. The third-order valence-electron chi connectivity index (χ3n) is 4.88. The molecule has 0 unspecified atom stereocenters. The predicted octanol–water partition coefficient (Wildman–Crippen LogP) is 4.38. The van der Waals surface area contributed by atoms with E-state index in [2.05, 4.69) is 25.6 Å². The van der Waals surface area contributed by atoms with Crippen LogP contribution < -0.4 is 15.4 Å². The average Bonchev–Trinajstić information content (AvgIpc) is 2.89. The van der Waals surface area contributed by atoms with Crippen LogP contribution >= 0.6 is 11.6 Å². The molecule has 4 rings (SSSR count). The van der Waals surface area contributed by atoms with Crippen LogP contribution in [0.1, 0.15) is 26.4 Å². The van der Waals surface area contributed by atoms with Crippen molar-refractivity contribution in [1.29, 1.82) is 0 Å². The van der Waals surface area contributed by atoms with Gasteiger partial charge in [0.05, 0.1) is 23.4 Å². The van der Waals surface area contributed by atoms with Crippen molar-refractivity contribution >= 4 is 29.1 Å². The quantitative estimate of drug-likeness (QED) is 0.412. The molecule has 3 heterocycles. The number of anilines is 1. The third kappa shape index (κ3) is 5.54. The SMILES string of the molecule is COc1cc(CNC(=O)c2ccc(C(=O)Nc3ccc(Cl)c(-c4ccccn4)c3)cn2)ccn1. The number of methoxy groups -OCH3 is 1. The molecule has 0 radical (unpaired) electrons. The molecule has 1 aromatic carbocycles. The van der Waals surface area contributed by atoms with Crippen LogP contribution in [0.2, 0.25) is 5.02 Å². The van der Waals surface area contributed by atoms with Crippen molar-refractivity contribution in [3.63, 3.8) is 0 Å². The van der Waals surface area contributed by atoms with Gasteiger partial charge < -0.3 is 15.4 Å². The van der Waals surface area contributed by atoms with Crippen LogP contribution in [0, 0.1) is 0 Å². The Hall–Kier alpha value is -4.30. The molecule has 0 saturated carbocycles. The highest BCUT2D eigenvalue weighted by Gasteiger charge is 2.12. The van der Waals surface area contributed by atoms with Crippen LogP contribution in [0.4, 0.5) is 5.69 Å². The summed E-state index contributed by atoms with van der Waals surface area (Å²) in [5.41, 5.74) is 3.31. The smallest absolute Gasteiger partial charge is 0.270 e. The summed E-state index contributed by atoms with van der Waals surface area (Å²) in [5.74, 6) is -0.258. The van der Waals surface area contributed by atoms with Crippen LogP contribution in [0.15, 0.2) is 79.3 Å². The van der Waals surface area contributed by atoms with Gasteiger partial charge in [-0.1, -0.05) is 17.7 Å². The fourth-order valence-corrected chi connectivity index (χ4v) is 3.35. The number of halogens is 1. The lowest BCUT2D eigenvalue weighted by Crippen LogP contribution is -2.24. The predicted molar refractivity (Wildman–Crippen MR) is 129 cm³/mol. The number of benzene rings is 1. The zero-order valence-corrected chi connectivity index (χ0v) is 18.9. The van der Waals surface area contributed by atoms with E-state index in [1.807, 2.05) is 18.2 Å². The minimum Gasteiger partial charge on any atom is -0.481 e. The lowest BCUT2D eigenvalue weighted by atomic mass is 10.1. The highest BCUT2D eigenvalue weighted by molar-refractivity contribution is 6.33. The first kappa shape index (κ1) is 22.9. The summed E-state index contributed by atoms with van der Waals surface area (Å²) in [6, 6.07) is 17.2. The van der Waals surface area contributed by atoms with Crippen LogP contribution in [-0.4, -0.2) is 33.9 Å². The van der Waals surface area contributed by atoms with Crippen molar-refractivity contribution in [2.45, 2.75) is 6.54 Å². The molecule has 34 heavy (non-hydrogen) atoms. The molecule has 170 valence electrons. The zero-order valence-electron chi connectivity index (χ0n) is 18.2. The van der Waals surface area contributed by atoms with Gasteiger partial charge >= 0.3 is 0 Å². The summed E-state index contributed by atoms with van der Waals surface area (Å²) in [7, 11) is 1.53. The van der Waals surface area contributed by atoms with Crippen LogP contribution in [0.5, 0.6) is 5.88 Å². The first-order chi connectivity index (χ1) is 16.5. The van der Waals surface area contributed by atoms with Gasteiger partial charge in [0, 0.05) is 42.5 Å². The molecule has 0 bridgehead atoms. The minimum atomic E-state index is -0.363. The summed E-state index contributed by atoms with van der Waals surface area (Å²) >= 11 is 6.30. The van der Waals surface area contributed by atoms with Gasteiger partial charge in [-0.3, -0.25) is 19.6 Å². The number of nitrogens with zero attached hydrogens (tertiary/aromatic N) is 3. The summed E-state index contributed by atoms with van der Waals surface area (Å²) in [6.07, 6.45) is 4.63. The zero-order chi connectivity index (χ0) is 23.9. The Morgan fingerprint density at radius 3 is 2.56 bits per heavy atom. The molecular weight excluding hydrogens is 454 g/mol. The van der Waals surface area contributed by atoms with Crippen molar-refractivity contribution in [2.24, 2.45) is 0 Å². The number of hydrogen-bond donors (Lipinski definition) is 2. The van der Waals surface area contributed by atoms with Gasteiger partial charge in [0.15, 0.2) is 0 Å². The molecule has 8 nitrogen and oxygen atoms in total. The van der Waals surface area contributed by atoms with Crippen LogP contribution in [-0.2, 0) is 6.54 Å². The van der Waals surface area contributed by atoms with Crippen LogP contribution in [0.25, 0.3) is 11.3 Å². The van der Waals surface area contributed by atoms with E-state index < -0.39 is 0 Å². The summed E-state index contributed by atoms with van der Waals surface area (Å²) in [5, 5.41) is 6.12. The number of carbonyl (C=O) groups is 2. The van der Waals surface area contributed by atoms with Gasteiger partial charge in [-0.25, -0.2) is 4.98 Å². The molecular formula is C25H20ClN5O3. The molecule has 9 heteroatoms. The Bertz CT molecular complexity index is 1310. The van der Waals surface area contributed by atoms with Crippen LogP contribution in [0.3, 0.4) is 0 Å². The summed E-state index contributed by atoms with van der Waals surface area (Å²) in [4.78, 5) is 37.5. The highest BCUT2D eigenvalue weighted by atomic mass is 35.5. The molecule has 4 aromatic rings. The number of pyridine rings is 3. The minimum absolute atomic E-state index is 0.196. The van der Waals surface area contributed by atoms with Crippen molar-refractivity contribution in [1.82, 2.24) is 20.3 Å². The topological polar surface area (TPSA) is 106 Å². The number of ether oxygens (including phenoxy) is 1. The number of aromatic nitrogens is 3. The third-order valence-corrected chi connectivity index (χ3v) is 5.21. The standard InChI is InChI=1S/C25H20ClN5O3/c1-34-23-12-16(9-11-28-23)14-30-25(33)22-8-5-17(15-29-22)24(32)31-18-6-7-20(26)19(13-18)21-4-2-3-10-27-21/h2-13,15H,14H2,1H3,(H,30,33)(H,31,32). The lowest BCUT2D eigenvalue weighted by Gasteiger charge is -2.10. The molecule has 2 N–H and O–H groups in total. The van der Waals surface area contributed by atoms with E-state index in [1.54, 1.807) is 48.8 Å². The monoisotopic (exact) mass is 473 g/mol. The molecule has 0 spiro atoms. The maximum absolute atomic E-state index is 12.7. The van der Waals surface area contributed by atoms with Crippen molar-refractivity contribution in [3.8, 4) is 17.1 Å². The van der Waals surface area contributed by atoms with E-state index >= 15 is 0 Å². The van der Waals surface area contributed by atoms with Crippen molar-refractivity contribution in [2.75, 3.05) is 12.4 Å². The number of rotatable bonds is 7. The van der Waals surface area contributed by atoms with Gasteiger partial charge in [-0.05, 0) is 54.1 Å². The van der Waals surface area contributed by atoms with Gasteiger partial charge in [0.2, 0.25) is 5.88 Å². The van der Waals surface area contributed by atoms with Gasteiger partial charge in [0.25, 0.3) is 11.8 Å². The maximum Gasteiger partial charge on any atom is 0.270 e. The number of amides is 2. The second kappa shape index (κ2) is 10.5. The first-order valence-electron chi connectivity index (χ1n) is 10.3. The second-order valence-corrected chi connectivity index (χ2v) is 7.59. The van der Waals surface area contributed by atoms with E-state index in [0.29, 0.717) is 33.4 Å². The molecule has 0 atom stereocenters. The van der Waals surface area contributed by atoms with E-state index in [4.69, 9.17) is 16.3 Å². The Morgan fingerprint density at radius 1 is 0.941 bits per heavy atom. The van der Waals surface area contributed by atoms with Gasteiger partial charge in [-0.2, -0.15) is 0 Å². The molecule has 0 aliphatic carbocycles. The van der Waals surface area contributed by atoms with E-state index in [0.717, 1.165) is 5.56 Å². The lowest BCUT2D eigenvalue weighted by molar-refractivity contribution is 0.0943. The number of carbonyl (C=O) groups excluding carboxylic acids is 2. The van der Waals surface area contributed by atoms with E-state index in [9.17, 15) is 9.59 Å². The molecule has 0 fully saturated rings. The Balaban J connectivity index is 1.40. The second-order valence-electron chi connectivity index (χ2n) is 7.18. The first-order valence-corrected chi connectivity index (χ1v) is 10.7. The van der Waals surface area contributed by atoms with Crippen molar-refractivity contribution < 1.29 is 14.3 Å². The summed E-state index contributed by atoms with van der Waals surface area (Å²) in [6.45, 7) is 0.288. The normalized spacial score (nSPS) is 10.4. The maximum atomic E-state index is 12.7. The number of hydrogen-bond acceptors (Lipinski definition) is 6. The molecule has 3 aromatic heterocycles. The van der Waals surface area contributed by atoms with E-state index in [1.165, 1.54) is 19.4 Å². The average molecular weight is 474 g/mol. The Kier molecular flexibility index (Phi) is 7.10. The molecule has 0 saturated heterocycles. The number of nitrogens with one attached hydrogen (secondary N) is 2. The molecule has 0 aliphatic rings. The fourth-order valence-electron chi connectivity index (χ4n) is 3.13. The molecule has 0 aliphatic heterocycles. The Labute approximate surface area is 201 Å². The highest BCUT2D eigenvalue weighted by Crippen LogP contribution is 2.29. The van der Waals surface area contributed by atoms with Crippen molar-refractivity contribution in [3.05, 3.63) is 101 Å². The van der Waals surface area contributed by atoms with Gasteiger partial charge in [-0.15, -0.1) is 0 Å². The van der Waals surface area contributed by atoms with Gasteiger partial charge in [0.1, 0.15) is 5.69 Å².